The van der Waals surface area contributed by atoms with Gasteiger partial charge in [0.25, 0.3) is 11.4 Å². The molecule has 0 aliphatic carbocycles. The number of fused-ring (bicyclic) bond motifs is 1. The van der Waals surface area contributed by atoms with Gasteiger partial charge >= 0.3 is 5.97 Å². The molecule has 0 bridgehead atoms. The van der Waals surface area contributed by atoms with Crippen molar-refractivity contribution in [3.05, 3.63) is 52.0 Å². The van der Waals surface area contributed by atoms with Crippen molar-refractivity contribution >= 4 is 17.0 Å². The molecule has 3 aromatic rings. The van der Waals surface area contributed by atoms with Crippen molar-refractivity contribution in [2.45, 2.75) is 59.1 Å². The molecule has 2 aromatic heterocycles. The Kier molecular flexibility index (Phi) is 6.52. The van der Waals surface area contributed by atoms with Gasteiger partial charge in [-0.05, 0) is 18.6 Å². The summed E-state index contributed by atoms with van der Waals surface area (Å²) in [7, 11) is 0. The van der Waals surface area contributed by atoms with Crippen LogP contribution in [0.5, 0.6) is 0 Å². The Labute approximate surface area is 162 Å². The number of nitrogens with zero attached hydrogens (tertiary/aromatic N) is 4. The van der Waals surface area contributed by atoms with Gasteiger partial charge in [-0.1, -0.05) is 37.6 Å². The molecule has 3 rings (SSSR count). The minimum atomic E-state index is -0.439. The highest BCUT2D eigenvalue weighted by atomic mass is 16.6. The van der Waals surface area contributed by atoms with E-state index in [1.54, 1.807) is 4.57 Å². The fraction of sp³-hybridized carbons (Fsp3) is 0.450. The molecule has 0 atom stereocenters. The van der Waals surface area contributed by atoms with Crippen LogP contribution in [0.2, 0.25) is 0 Å². The van der Waals surface area contributed by atoms with E-state index in [0.29, 0.717) is 24.5 Å². The quantitative estimate of drug-likeness (QED) is 0.523. The number of benzene rings is 1. The van der Waals surface area contributed by atoms with Crippen molar-refractivity contribution in [3.63, 3.8) is 0 Å². The fourth-order valence-corrected chi connectivity index (χ4v) is 2.87. The lowest BCUT2D eigenvalue weighted by atomic mass is 10.2. The Morgan fingerprint density at radius 1 is 1.21 bits per heavy atom. The number of carbonyl (C=O) groups excluding carboxylic acids is 1. The molecule has 0 unspecified atom stereocenters. The molecular formula is C20H24N4O4. The number of unbranched alkanes of at least 4 members (excludes halogenated alkanes) is 1. The summed E-state index contributed by atoms with van der Waals surface area (Å²) in [5.41, 5.74) is 1.79. The Balaban J connectivity index is 1.68. The van der Waals surface area contributed by atoms with Gasteiger partial charge in [0.2, 0.25) is 0 Å². The van der Waals surface area contributed by atoms with E-state index in [0.717, 1.165) is 23.9 Å². The van der Waals surface area contributed by atoms with Crippen molar-refractivity contribution in [2.24, 2.45) is 0 Å². The second-order valence-corrected chi connectivity index (χ2v) is 6.48. The Bertz CT molecular complexity index is 1010. The number of para-hydroxylation sites is 2. The van der Waals surface area contributed by atoms with Gasteiger partial charge in [0, 0.05) is 19.4 Å². The molecule has 8 heteroatoms. The van der Waals surface area contributed by atoms with Crippen LogP contribution in [0.4, 0.5) is 0 Å². The number of carbonyl (C=O) groups is 1. The Hall–Kier alpha value is -3.03. The number of ether oxygens (including phenoxy) is 1. The highest BCUT2D eigenvalue weighted by Crippen LogP contribution is 2.12. The zero-order chi connectivity index (χ0) is 19.9. The summed E-state index contributed by atoms with van der Waals surface area (Å²) in [6, 6.07) is 7.55. The van der Waals surface area contributed by atoms with Gasteiger partial charge in [-0.3, -0.25) is 9.59 Å². The number of hydrogen-bond acceptors (Lipinski definition) is 7. The third-order valence-electron chi connectivity index (χ3n) is 4.40. The van der Waals surface area contributed by atoms with Gasteiger partial charge in [0.1, 0.15) is 5.69 Å². The minimum absolute atomic E-state index is 0.0587. The zero-order valence-corrected chi connectivity index (χ0v) is 16.2. The van der Waals surface area contributed by atoms with Gasteiger partial charge in [-0.15, -0.1) is 0 Å². The first kappa shape index (κ1) is 19.7. The molecule has 0 saturated carbocycles. The average Bonchev–Trinajstić information content (AvgIpc) is 3.18. The van der Waals surface area contributed by atoms with Crippen molar-refractivity contribution < 1.29 is 14.1 Å². The molecule has 0 amide bonds. The van der Waals surface area contributed by atoms with E-state index in [2.05, 4.69) is 22.0 Å². The second-order valence-electron chi connectivity index (χ2n) is 6.48. The van der Waals surface area contributed by atoms with E-state index in [1.807, 2.05) is 31.2 Å². The number of hydrogen-bond donors (Lipinski definition) is 0. The van der Waals surface area contributed by atoms with Crippen molar-refractivity contribution in [3.8, 4) is 0 Å². The third-order valence-corrected chi connectivity index (χ3v) is 4.40. The lowest BCUT2D eigenvalue weighted by Gasteiger charge is -2.11. The topological polar surface area (TPSA) is 100 Å². The van der Waals surface area contributed by atoms with Crippen LogP contribution in [0.15, 0.2) is 33.6 Å². The van der Waals surface area contributed by atoms with Gasteiger partial charge in [0.15, 0.2) is 12.4 Å². The summed E-state index contributed by atoms with van der Waals surface area (Å²) in [6.45, 7) is 4.55. The summed E-state index contributed by atoms with van der Waals surface area (Å²) < 4.78 is 11.9. The monoisotopic (exact) mass is 384 g/mol. The van der Waals surface area contributed by atoms with Crippen LogP contribution in [-0.4, -0.2) is 25.7 Å². The number of rotatable bonds is 9. The molecular weight excluding hydrogens is 360 g/mol. The van der Waals surface area contributed by atoms with E-state index < -0.39 is 5.97 Å². The first-order valence-corrected chi connectivity index (χ1v) is 9.57. The minimum Gasteiger partial charge on any atom is -0.456 e. The van der Waals surface area contributed by atoms with Crippen LogP contribution < -0.4 is 5.56 Å². The summed E-state index contributed by atoms with van der Waals surface area (Å²) in [4.78, 5) is 33.4. The first-order chi connectivity index (χ1) is 13.6. The highest BCUT2D eigenvalue weighted by molar-refractivity contribution is 5.75. The largest absolute Gasteiger partial charge is 0.456 e. The van der Waals surface area contributed by atoms with Crippen molar-refractivity contribution in [2.75, 3.05) is 0 Å². The molecule has 2 heterocycles. The number of aryl methyl sites for hydroxylation is 3. The SMILES string of the molecule is CCCCn1c(=O)c(CCC(=O)OCc2nc(CC)no2)nc2ccccc21. The maximum Gasteiger partial charge on any atom is 0.306 e. The molecule has 1 aromatic carbocycles. The predicted octanol–water partition coefficient (Wildman–Crippen LogP) is 2.82. The molecule has 28 heavy (non-hydrogen) atoms. The Morgan fingerprint density at radius 3 is 2.79 bits per heavy atom. The molecule has 0 N–H and O–H groups in total. The third kappa shape index (κ3) is 4.62. The smallest absolute Gasteiger partial charge is 0.306 e. The summed E-state index contributed by atoms with van der Waals surface area (Å²) in [5.74, 6) is 0.390. The van der Waals surface area contributed by atoms with Gasteiger partial charge in [-0.2, -0.15) is 4.98 Å². The van der Waals surface area contributed by atoms with Crippen LogP contribution in [0.25, 0.3) is 11.0 Å². The maximum atomic E-state index is 12.8. The van der Waals surface area contributed by atoms with Gasteiger partial charge in [0.05, 0.1) is 17.5 Å². The maximum absolute atomic E-state index is 12.8. The van der Waals surface area contributed by atoms with E-state index in [-0.39, 0.29) is 30.9 Å². The van der Waals surface area contributed by atoms with E-state index in [1.165, 1.54) is 0 Å². The van der Waals surface area contributed by atoms with Crippen LogP contribution in [0.1, 0.15) is 50.5 Å². The molecule has 0 saturated heterocycles. The summed E-state index contributed by atoms with van der Waals surface area (Å²) in [6.07, 6.45) is 2.82. The average molecular weight is 384 g/mol. The standard InChI is InChI=1S/C20H24N4O4/c1-3-5-12-24-16-9-7-6-8-14(16)21-15(20(24)26)10-11-19(25)27-13-18-22-17(4-2)23-28-18/h6-9H,3-5,10-13H2,1-2H3. The van der Waals surface area contributed by atoms with Crippen LogP contribution in [0.3, 0.4) is 0 Å². The molecule has 0 aliphatic rings. The first-order valence-electron chi connectivity index (χ1n) is 9.57. The normalized spacial score (nSPS) is 11.1. The molecule has 0 spiro atoms. The Morgan fingerprint density at radius 2 is 2.04 bits per heavy atom. The lowest BCUT2D eigenvalue weighted by Crippen LogP contribution is -2.26. The highest BCUT2D eigenvalue weighted by Gasteiger charge is 2.14. The molecule has 0 fully saturated rings. The van der Waals surface area contributed by atoms with Crippen LogP contribution in [0, 0.1) is 0 Å². The predicted molar refractivity (Wildman–Crippen MR) is 103 cm³/mol. The van der Waals surface area contributed by atoms with E-state index in [4.69, 9.17) is 9.26 Å². The van der Waals surface area contributed by atoms with Crippen LogP contribution >= 0.6 is 0 Å². The van der Waals surface area contributed by atoms with Crippen molar-refractivity contribution in [1.29, 1.82) is 0 Å². The molecule has 0 aliphatic heterocycles. The van der Waals surface area contributed by atoms with Gasteiger partial charge in [-0.25, -0.2) is 4.98 Å². The van der Waals surface area contributed by atoms with Gasteiger partial charge < -0.3 is 13.8 Å². The zero-order valence-electron chi connectivity index (χ0n) is 16.2. The van der Waals surface area contributed by atoms with E-state index in [9.17, 15) is 9.59 Å². The lowest BCUT2D eigenvalue weighted by molar-refractivity contribution is -0.145. The molecule has 0 radical (unpaired) electrons. The number of esters is 1. The summed E-state index contributed by atoms with van der Waals surface area (Å²) >= 11 is 0. The number of aromatic nitrogens is 4. The second kappa shape index (κ2) is 9.25. The molecule has 148 valence electrons. The molecule has 8 nitrogen and oxygen atoms in total. The summed E-state index contributed by atoms with van der Waals surface area (Å²) in [5, 5.41) is 3.75. The van der Waals surface area contributed by atoms with Crippen LogP contribution in [-0.2, 0) is 35.5 Å². The van der Waals surface area contributed by atoms with E-state index >= 15 is 0 Å². The van der Waals surface area contributed by atoms with Crippen molar-refractivity contribution in [1.82, 2.24) is 19.7 Å². The fourth-order valence-electron chi connectivity index (χ4n) is 2.87.